The molecule has 0 saturated carbocycles. The summed E-state index contributed by atoms with van der Waals surface area (Å²) in [6.45, 7) is 5.19. The zero-order valence-corrected chi connectivity index (χ0v) is 18.5. The third kappa shape index (κ3) is 3.24. The summed E-state index contributed by atoms with van der Waals surface area (Å²) < 4.78 is 9.45. The van der Waals surface area contributed by atoms with Crippen molar-refractivity contribution < 1.29 is 9.32 Å². The van der Waals surface area contributed by atoms with E-state index in [2.05, 4.69) is 41.8 Å². The third-order valence-corrected chi connectivity index (χ3v) is 6.28. The van der Waals surface area contributed by atoms with Crippen LogP contribution in [0, 0.1) is 13.8 Å². The Morgan fingerprint density at radius 1 is 1.03 bits per heavy atom. The van der Waals surface area contributed by atoms with Gasteiger partial charge in [0.15, 0.2) is 5.58 Å². The van der Waals surface area contributed by atoms with Crippen molar-refractivity contribution in [3.8, 4) is 11.5 Å². The van der Waals surface area contributed by atoms with Crippen molar-refractivity contribution in [2.75, 3.05) is 0 Å². The minimum atomic E-state index is 0.0172. The Morgan fingerprint density at radius 2 is 1.85 bits per heavy atom. The smallest absolute Gasteiger partial charge is 0.229 e. The van der Waals surface area contributed by atoms with E-state index in [0.717, 1.165) is 33.7 Å². The van der Waals surface area contributed by atoms with Gasteiger partial charge in [-0.3, -0.25) is 4.79 Å². The average molecular weight is 438 g/mol. The summed E-state index contributed by atoms with van der Waals surface area (Å²) in [5.41, 5.74) is 6.80. The molecule has 4 heterocycles. The summed E-state index contributed by atoms with van der Waals surface area (Å²) in [5, 5.41) is 9.97. The van der Waals surface area contributed by atoms with Gasteiger partial charge in [0.05, 0.1) is 30.9 Å². The van der Waals surface area contributed by atoms with Gasteiger partial charge < -0.3 is 14.0 Å². The van der Waals surface area contributed by atoms with E-state index in [0.29, 0.717) is 24.4 Å². The number of amides is 1. The van der Waals surface area contributed by atoms with Crippen molar-refractivity contribution in [3.63, 3.8) is 0 Å². The molecule has 0 spiro atoms. The van der Waals surface area contributed by atoms with Gasteiger partial charge >= 0.3 is 0 Å². The highest BCUT2D eigenvalue weighted by Gasteiger charge is 2.32. The second kappa shape index (κ2) is 7.48. The lowest BCUT2D eigenvalue weighted by atomic mass is 10.1. The number of aromatic nitrogens is 4. The molecule has 0 fully saturated rings. The molecule has 0 atom stereocenters. The fourth-order valence-electron chi connectivity index (χ4n) is 4.65. The zero-order chi connectivity index (χ0) is 22.5. The molecule has 3 aromatic heterocycles. The van der Waals surface area contributed by atoms with Crippen LogP contribution in [0.4, 0.5) is 0 Å². The first kappa shape index (κ1) is 19.5. The van der Waals surface area contributed by atoms with E-state index >= 15 is 0 Å². The van der Waals surface area contributed by atoms with Gasteiger partial charge in [0.25, 0.3) is 0 Å². The molecule has 6 rings (SSSR count). The molecule has 33 heavy (non-hydrogen) atoms. The van der Waals surface area contributed by atoms with E-state index in [1.807, 2.05) is 58.4 Å². The number of aryl methyl sites for hydroxylation is 2. The molecule has 2 aromatic carbocycles. The predicted octanol–water partition coefficient (Wildman–Crippen LogP) is 4.51. The van der Waals surface area contributed by atoms with Crippen LogP contribution in [-0.2, 0) is 24.3 Å². The minimum Gasteiger partial charge on any atom is -0.356 e. The number of para-hydroxylation sites is 1. The van der Waals surface area contributed by atoms with Crippen molar-refractivity contribution in [1.82, 2.24) is 24.4 Å². The monoisotopic (exact) mass is 437 g/mol. The Labute approximate surface area is 190 Å². The van der Waals surface area contributed by atoms with E-state index in [9.17, 15) is 4.79 Å². The summed E-state index contributed by atoms with van der Waals surface area (Å²) in [6.07, 6.45) is 4.24. The van der Waals surface area contributed by atoms with Gasteiger partial charge in [-0.25, -0.2) is 4.68 Å². The van der Waals surface area contributed by atoms with Gasteiger partial charge in [-0.05, 0) is 49.7 Å². The van der Waals surface area contributed by atoms with Crippen molar-refractivity contribution in [3.05, 3.63) is 95.1 Å². The lowest BCUT2D eigenvalue weighted by Crippen LogP contribution is -2.28. The average Bonchev–Trinajstić information content (AvgIpc) is 3.57. The van der Waals surface area contributed by atoms with Crippen LogP contribution in [0.5, 0.6) is 0 Å². The van der Waals surface area contributed by atoms with Gasteiger partial charge in [-0.15, -0.1) is 0 Å². The topological polar surface area (TPSA) is 69.1 Å². The maximum Gasteiger partial charge on any atom is 0.229 e. The first-order valence-corrected chi connectivity index (χ1v) is 11.0. The zero-order valence-electron chi connectivity index (χ0n) is 18.5. The van der Waals surface area contributed by atoms with Crippen molar-refractivity contribution >= 4 is 16.9 Å². The van der Waals surface area contributed by atoms with Crippen LogP contribution in [0.15, 0.2) is 71.5 Å². The summed E-state index contributed by atoms with van der Waals surface area (Å²) >= 11 is 0. The Hall–Kier alpha value is -4.13. The van der Waals surface area contributed by atoms with E-state index in [4.69, 9.17) is 9.62 Å². The van der Waals surface area contributed by atoms with E-state index in [-0.39, 0.29) is 12.3 Å². The molecular formula is C26H23N5O2. The van der Waals surface area contributed by atoms with Crippen LogP contribution in [0.2, 0.25) is 0 Å². The van der Waals surface area contributed by atoms with Gasteiger partial charge in [-0.1, -0.05) is 35.0 Å². The molecule has 0 N–H and O–H groups in total. The summed E-state index contributed by atoms with van der Waals surface area (Å²) in [4.78, 5) is 15.0. The molecule has 164 valence electrons. The molecule has 7 heteroatoms. The Bertz CT molecular complexity index is 1490. The van der Waals surface area contributed by atoms with Crippen LogP contribution in [0.25, 0.3) is 22.5 Å². The first-order valence-electron chi connectivity index (χ1n) is 11.0. The quantitative estimate of drug-likeness (QED) is 0.415. The van der Waals surface area contributed by atoms with E-state index in [1.165, 1.54) is 5.56 Å². The lowest BCUT2D eigenvalue weighted by molar-refractivity contribution is -0.131. The molecular weight excluding hydrogens is 414 g/mol. The van der Waals surface area contributed by atoms with Crippen molar-refractivity contribution in [2.45, 2.75) is 33.4 Å². The predicted molar refractivity (Wildman–Crippen MR) is 124 cm³/mol. The number of benzene rings is 2. The normalized spacial score (nSPS) is 13.1. The summed E-state index contributed by atoms with van der Waals surface area (Å²) in [7, 11) is 0. The Morgan fingerprint density at radius 3 is 2.67 bits per heavy atom. The van der Waals surface area contributed by atoms with Gasteiger partial charge in [0.2, 0.25) is 5.91 Å². The van der Waals surface area contributed by atoms with Crippen LogP contribution >= 0.6 is 0 Å². The van der Waals surface area contributed by atoms with E-state index in [1.54, 1.807) is 0 Å². The molecule has 5 aromatic rings. The molecule has 1 aliphatic rings. The SMILES string of the molecule is Cc1ccc(-n2nc3c(c2-n2cccc2)CN(C(=O)Cc2noc4ccccc24)C3)c(C)c1. The molecule has 0 bridgehead atoms. The van der Waals surface area contributed by atoms with Crippen LogP contribution < -0.4 is 0 Å². The highest BCUT2D eigenvalue weighted by Crippen LogP contribution is 2.32. The molecule has 0 unspecified atom stereocenters. The molecule has 0 radical (unpaired) electrons. The number of rotatable bonds is 4. The van der Waals surface area contributed by atoms with Crippen LogP contribution in [0.1, 0.15) is 28.1 Å². The van der Waals surface area contributed by atoms with Crippen molar-refractivity contribution in [1.29, 1.82) is 0 Å². The number of fused-ring (bicyclic) bond motifs is 2. The van der Waals surface area contributed by atoms with Gasteiger partial charge in [0, 0.05) is 23.3 Å². The Balaban J connectivity index is 1.34. The molecule has 7 nitrogen and oxygen atoms in total. The molecule has 1 amide bonds. The highest BCUT2D eigenvalue weighted by molar-refractivity contribution is 5.86. The number of nitrogens with zero attached hydrogens (tertiary/aromatic N) is 5. The standard InChI is InChI=1S/C26H23N5O2/c1-17-9-10-23(18(2)13-17)31-26(29-11-5-6-12-29)20-15-30(16-22(20)27-31)25(32)14-21-19-7-3-4-8-24(19)33-28-21/h3-13H,14-16H2,1-2H3. The van der Waals surface area contributed by atoms with Crippen LogP contribution in [0.3, 0.4) is 0 Å². The van der Waals surface area contributed by atoms with Gasteiger partial charge in [0.1, 0.15) is 11.5 Å². The fraction of sp³-hybridized carbons (Fsp3) is 0.192. The molecule has 1 aliphatic heterocycles. The second-order valence-corrected chi connectivity index (χ2v) is 8.59. The summed E-state index contributed by atoms with van der Waals surface area (Å²) in [6, 6.07) is 18.0. The fourth-order valence-corrected chi connectivity index (χ4v) is 4.65. The first-order chi connectivity index (χ1) is 16.1. The maximum atomic E-state index is 13.2. The third-order valence-electron chi connectivity index (χ3n) is 6.28. The number of carbonyl (C=O) groups excluding carboxylic acids is 1. The molecule has 0 saturated heterocycles. The number of hydrogen-bond acceptors (Lipinski definition) is 4. The highest BCUT2D eigenvalue weighted by atomic mass is 16.5. The largest absolute Gasteiger partial charge is 0.356 e. The summed E-state index contributed by atoms with van der Waals surface area (Å²) in [5.74, 6) is 0.993. The van der Waals surface area contributed by atoms with E-state index < -0.39 is 0 Å². The lowest BCUT2D eigenvalue weighted by Gasteiger charge is -2.18. The maximum absolute atomic E-state index is 13.2. The second-order valence-electron chi connectivity index (χ2n) is 8.59. The molecule has 0 aliphatic carbocycles. The van der Waals surface area contributed by atoms with Gasteiger partial charge in [-0.2, -0.15) is 5.10 Å². The Kier molecular flexibility index (Phi) is 4.43. The number of hydrogen-bond donors (Lipinski definition) is 0. The van der Waals surface area contributed by atoms with Crippen molar-refractivity contribution in [2.24, 2.45) is 0 Å². The minimum absolute atomic E-state index is 0.0172. The number of carbonyl (C=O) groups is 1. The van der Waals surface area contributed by atoms with Crippen LogP contribution in [-0.4, -0.2) is 30.3 Å².